The van der Waals surface area contributed by atoms with Crippen molar-refractivity contribution >= 4 is 11.8 Å². The first kappa shape index (κ1) is 18.3. The second kappa shape index (κ2) is 8.73. The van der Waals surface area contributed by atoms with Gasteiger partial charge < -0.3 is 20.1 Å². The second-order valence-corrected chi connectivity index (χ2v) is 5.45. The van der Waals surface area contributed by atoms with E-state index >= 15 is 0 Å². The first-order chi connectivity index (χ1) is 12.0. The van der Waals surface area contributed by atoms with Crippen LogP contribution in [0.5, 0.6) is 11.5 Å². The zero-order chi connectivity index (χ0) is 18.2. The first-order valence-electron chi connectivity index (χ1n) is 7.89. The van der Waals surface area contributed by atoms with Crippen molar-refractivity contribution in [2.45, 2.75) is 13.0 Å². The highest BCUT2D eigenvalue weighted by Gasteiger charge is 2.15. The normalized spacial score (nSPS) is 11.3. The molecule has 1 atom stereocenters. The molecular formula is C19H22N2O4. The maximum absolute atomic E-state index is 12.1. The average Bonchev–Trinajstić information content (AvgIpc) is 2.66. The van der Waals surface area contributed by atoms with E-state index in [1.807, 2.05) is 19.1 Å². The Morgan fingerprint density at radius 2 is 1.76 bits per heavy atom. The summed E-state index contributed by atoms with van der Waals surface area (Å²) < 4.78 is 10.5. The van der Waals surface area contributed by atoms with Crippen LogP contribution in [0, 0.1) is 0 Å². The van der Waals surface area contributed by atoms with E-state index in [1.54, 1.807) is 50.6 Å². The number of carbonyl (C=O) groups excluding carboxylic acids is 2. The third-order valence-corrected chi connectivity index (χ3v) is 3.73. The minimum atomic E-state index is -0.287. The van der Waals surface area contributed by atoms with E-state index in [4.69, 9.17) is 9.47 Å². The molecule has 6 heteroatoms. The lowest BCUT2D eigenvalue weighted by atomic mass is 10.1. The summed E-state index contributed by atoms with van der Waals surface area (Å²) in [5.41, 5.74) is 1.34. The number of nitrogens with one attached hydrogen (secondary N) is 2. The molecule has 0 heterocycles. The number of hydrogen-bond donors (Lipinski definition) is 2. The maximum atomic E-state index is 12.1. The number of carbonyl (C=O) groups is 2. The zero-order valence-electron chi connectivity index (χ0n) is 14.5. The van der Waals surface area contributed by atoms with Crippen molar-refractivity contribution in [3.63, 3.8) is 0 Å². The number of hydrogen-bond acceptors (Lipinski definition) is 4. The van der Waals surface area contributed by atoms with Crippen LogP contribution in [-0.4, -0.2) is 32.6 Å². The first-order valence-corrected chi connectivity index (χ1v) is 7.89. The van der Waals surface area contributed by atoms with Gasteiger partial charge in [-0.25, -0.2) is 0 Å². The van der Waals surface area contributed by atoms with Crippen molar-refractivity contribution in [1.29, 1.82) is 0 Å². The average molecular weight is 342 g/mol. The highest BCUT2D eigenvalue weighted by atomic mass is 16.5. The topological polar surface area (TPSA) is 76.7 Å². The summed E-state index contributed by atoms with van der Waals surface area (Å²) in [5.74, 6) is 0.731. The molecule has 2 aromatic carbocycles. The summed E-state index contributed by atoms with van der Waals surface area (Å²) in [6, 6.07) is 13.9. The van der Waals surface area contributed by atoms with E-state index < -0.39 is 0 Å². The molecule has 0 aliphatic rings. The molecule has 1 unspecified atom stereocenters. The Morgan fingerprint density at radius 1 is 1.04 bits per heavy atom. The van der Waals surface area contributed by atoms with Gasteiger partial charge in [0, 0.05) is 17.2 Å². The Kier molecular flexibility index (Phi) is 6.39. The van der Waals surface area contributed by atoms with E-state index in [1.165, 1.54) is 0 Å². The fourth-order valence-electron chi connectivity index (χ4n) is 2.40. The molecule has 0 aromatic heterocycles. The molecule has 0 spiro atoms. The Morgan fingerprint density at radius 3 is 2.40 bits per heavy atom. The van der Waals surface area contributed by atoms with Crippen LogP contribution in [0.1, 0.15) is 28.9 Å². The van der Waals surface area contributed by atoms with Gasteiger partial charge in [-0.1, -0.05) is 18.2 Å². The predicted molar refractivity (Wildman–Crippen MR) is 94.9 cm³/mol. The van der Waals surface area contributed by atoms with Crippen molar-refractivity contribution in [1.82, 2.24) is 10.6 Å². The van der Waals surface area contributed by atoms with E-state index in [0.29, 0.717) is 17.1 Å². The van der Waals surface area contributed by atoms with Gasteiger partial charge in [-0.3, -0.25) is 9.59 Å². The van der Waals surface area contributed by atoms with E-state index in [9.17, 15) is 9.59 Å². The van der Waals surface area contributed by atoms with Gasteiger partial charge in [0.15, 0.2) is 0 Å². The fraction of sp³-hybridized carbons (Fsp3) is 0.263. The summed E-state index contributed by atoms with van der Waals surface area (Å²) >= 11 is 0. The molecule has 6 nitrogen and oxygen atoms in total. The highest BCUT2D eigenvalue weighted by Crippen LogP contribution is 2.29. The minimum Gasteiger partial charge on any atom is -0.497 e. The highest BCUT2D eigenvalue weighted by molar-refractivity contribution is 5.96. The van der Waals surface area contributed by atoms with Crippen molar-refractivity contribution in [3.8, 4) is 11.5 Å². The fourth-order valence-corrected chi connectivity index (χ4v) is 2.40. The molecule has 2 amide bonds. The number of amides is 2. The van der Waals surface area contributed by atoms with Gasteiger partial charge in [0.2, 0.25) is 5.91 Å². The monoisotopic (exact) mass is 342 g/mol. The van der Waals surface area contributed by atoms with Gasteiger partial charge in [-0.15, -0.1) is 0 Å². The molecule has 25 heavy (non-hydrogen) atoms. The second-order valence-electron chi connectivity index (χ2n) is 5.45. The summed E-state index contributed by atoms with van der Waals surface area (Å²) in [6.45, 7) is 1.75. The summed E-state index contributed by atoms with van der Waals surface area (Å²) in [4.78, 5) is 24.0. The van der Waals surface area contributed by atoms with Crippen LogP contribution >= 0.6 is 0 Å². The van der Waals surface area contributed by atoms with Gasteiger partial charge in [0.25, 0.3) is 5.91 Å². The van der Waals surface area contributed by atoms with Crippen LogP contribution in [-0.2, 0) is 4.79 Å². The Labute approximate surface area is 147 Å². The standard InChI is InChI=1S/C19H22N2O4/c1-13(16-10-9-15(24-2)11-17(16)25-3)21-18(22)12-20-19(23)14-7-5-4-6-8-14/h4-11,13H,12H2,1-3H3,(H,20,23)(H,21,22). The lowest BCUT2D eigenvalue weighted by Gasteiger charge is -2.18. The molecule has 2 N–H and O–H groups in total. The smallest absolute Gasteiger partial charge is 0.251 e. The van der Waals surface area contributed by atoms with Gasteiger partial charge >= 0.3 is 0 Å². The van der Waals surface area contributed by atoms with E-state index in [0.717, 1.165) is 5.56 Å². The number of benzene rings is 2. The van der Waals surface area contributed by atoms with E-state index in [2.05, 4.69) is 10.6 Å². The maximum Gasteiger partial charge on any atom is 0.251 e. The summed E-state index contributed by atoms with van der Waals surface area (Å²) in [5, 5.41) is 5.44. The third kappa shape index (κ3) is 4.97. The third-order valence-electron chi connectivity index (χ3n) is 3.73. The van der Waals surface area contributed by atoms with Crippen LogP contribution in [0.2, 0.25) is 0 Å². The van der Waals surface area contributed by atoms with Gasteiger partial charge in [-0.05, 0) is 31.2 Å². The Hall–Kier alpha value is -3.02. The predicted octanol–water partition coefficient (Wildman–Crippen LogP) is 2.31. The largest absolute Gasteiger partial charge is 0.497 e. The Bertz CT molecular complexity index is 731. The number of rotatable bonds is 7. The van der Waals surface area contributed by atoms with Crippen molar-refractivity contribution < 1.29 is 19.1 Å². The van der Waals surface area contributed by atoms with Gasteiger partial charge in [-0.2, -0.15) is 0 Å². The Balaban J connectivity index is 1.93. The molecule has 0 aliphatic heterocycles. The summed E-state index contributed by atoms with van der Waals surface area (Å²) in [6.07, 6.45) is 0. The van der Waals surface area contributed by atoms with Crippen LogP contribution < -0.4 is 20.1 Å². The minimum absolute atomic E-state index is 0.101. The molecule has 0 fully saturated rings. The van der Waals surface area contributed by atoms with Crippen LogP contribution in [0.25, 0.3) is 0 Å². The van der Waals surface area contributed by atoms with Crippen molar-refractivity contribution in [2.75, 3.05) is 20.8 Å². The molecule has 0 bridgehead atoms. The van der Waals surface area contributed by atoms with Crippen LogP contribution in [0.15, 0.2) is 48.5 Å². The van der Waals surface area contributed by atoms with Crippen molar-refractivity contribution in [3.05, 3.63) is 59.7 Å². The van der Waals surface area contributed by atoms with Crippen LogP contribution in [0.4, 0.5) is 0 Å². The molecule has 0 saturated heterocycles. The van der Waals surface area contributed by atoms with Crippen molar-refractivity contribution in [2.24, 2.45) is 0 Å². The number of ether oxygens (including phenoxy) is 2. The molecule has 0 radical (unpaired) electrons. The number of methoxy groups -OCH3 is 2. The summed E-state index contributed by atoms with van der Waals surface area (Å²) in [7, 11) is 3.14. The van der Waals surface area contributed by atoms with E-state index in [-0.39, 0.29) is 24.4 Å². The van der Waals surface area contributed by atoms with Crippen LogP contribution in [0.3, 0.4) is 0 Å². The molecular weight excluding hydrogens is 320 g/mol. The molecule has 0 aliphatic carbocycles. The quantitative estimate of drug-likeness (QED) is 0.809. The SMILES string of the molecule is COc1ccc(C(C)NC(=O)CNC(=O)c2ccccc2)c(OC)c1. The zero-order valence-corrected chi connectivity index (χ0v) is 14.5. The van der Waals surface area contributed by atoms with Gasteiger partial charge in [0.05, 0.1) is 26.8 Å². The van der Waals surface area contributed by atoms with Gasteiger partial charge in [0.1, 0.15) is 11.5 Å². The molecule has 132 valence electrons. The lowest BCUT2D eigenvalue weighted by Crippen LogP contribution is -2.38. The molecule has 2 rings (SSSR count). The molecule has 0 saturated carbocycles. The lowest BCUT2D eigenvalue weighted by molar-refractivity contribution is -0.120. The molecule has 2 aromatic rings.